The monoisotopic (exact) mass is 251 g/mol. The fourth-order valence-electron chi connectivity index (χ4n) is 1.88. The van der Waals surface area contributed by atoms with Crippen molar-refractivity contribution in [2.75, 3.05) is 19.6 Å². The normalized spacial score (nSPS) is 11.8. The van der Waals surface area contributed by atoms with Crippen LogP contribution in [0, 0.1) is 6.92 Å². The van der Waals surface area contributed by atoms with Crippen LogP contribution in [0.2, 0.25) is 0 Å². The summed E-state index contributed by atoms with van der Waals surface area (Å²) in [6.45, 7) is 9.85. The average Bonchev–Trinajstić information content (AvgIpc) is 2.76. The fraction of sp³-hybridized carbons (Fsp3) is 0.692. The van der Waals surface area contributed by atoms with Gasteiger partial charge in [-0.2, -0.15) is 0 Å². The van der Waals surface area contributed by atoms with E-state index in [9.17, 15) is 0 Å². The van der Waals surface area contributed by atoms with Crippen LogP contribution in [0.5, 0.6) is 0 Å². The van der Waals surface area contributed by atoms with Crippen molar-refractivity contribution in [2.45, 2.75) is 40.2 Å². The number of aromatic nitrogens is 2. The van der Waals surface area contributed by atoms with E-state index in [1.54, 1.807) is 0 Å². The summed E-state index contributed by atoms with van der Waals surface area (Å²) in [4.78, 5) is 10.7. The van der Waals surface area contributed by atoms with Gasteiger partial charge in [-0.05, 0) is 33.6 Å². The summed E-state index contributed by atoms with van der Waals surface area (Å²) >= 11 is 0. The van der Waals surface area contributed by atoms with Gasteiger partial charge in [0.05, 0.1) is 0 Å². The third-order valence-corrected chi connectivity index (χ3v) is 3.09. The van der Waals surface area contributed by atoms with E-state index in [1.165, 1.54) is 0 Å². The number of hydrogen-bond acceptors (Lipinski definition) is 2. The minimum Gasteiger partial charge on any atom is -0.370 e. The third kappa shape index (κ3) is 4.39. The molecule has 102 valence electrons. The van der Waals surface area contributed by atoms with Gasteiger partial charge in [-0.3, -0.25) is 4.99 Å². The van der Waals surface area contributed by atoms with Crippen molar-refractivity contribution in [1.29, 1.82) is 0 Å². The highest BCUT2D eigenvalue weighted by atomic mass is 15.2. The first-order chi connectivity index (χ1) is 8.69. The molecule has 5 heteroatoms. The van der Waals surface area contributed by atoms with E-state index in [0.717, 1.165) is 44.8 Å². The van der Waals surface area contributed by atoms with Gasteiger partial charge in [-0.25, -0.2) is 4.98 Å². The van der Waals surface area contributed by atoms with Crippen LogP contribution in [0.4, 0.5) is 0 Å². The number of nitrogens with zero attached hydrogens (tertiary/aromatic N) is 4. The Morgan fingerprint density at radius 1 is 1.39 bits per heavy atom. The summed E-state index contributed by atoms with van der Waals surface area (Å²) in [6.07, 6.45) is 6.01. The standard InChI is InChI=1S/C13H25N5/c1-4-17(5-2)13(14)16-8-6-7-10-18-11-9-15-12(18)3/h9,11H,4-8,10H2,1-3H3,(H2,14,16). The zero-order chi connectivity index (χ0) is 13.4. The molecule has 0 bridgehead atoms. The largest absolute Gasteiger partial charge is 0.370 e. The Balaban J connectivity index is 2.22. The van der Waals surface area contributed by atoms with E-state index < -0.39 is 0 Å². The van der Waals surface area contributed by atoms with Crippen molar-refractivity contribution in [3.63, 3.8) is 0 Å². The maximum Gasteiger partial charge on any atom is 0.191 e. The highest BCUT2D eigenvalue weighted by Crippen LogP contribution is 2.00. The van der Waals surface area contributed by atoms with Crippen LogP contribution in [-0.2, 0) is 6.54 Å². The summed E-state index contributed by atoms with van der Waals surface area (Å²) in [5.41, 5.74) is 5.90. The van der Waals surface area contributed by atoms with Crippen LogP contribution in [0.25, 0.3) is 0 Å². The van der Waals surface area contributed by atoms with Crippen LogP contribution in [-0.4, -0.2) is 40.0 Å². The predicted octanol–water partition coefficient (Wildman–Crippen LogP) is 1.63. The Morgan fingerprint density at radius 3 is 2.67 bits per heavy atom. The molecule has 1 aromatic rings. The molecule has 18 heavy (non-hydrogen) atoms. The lowest BCUT2D eigenvalue weighted by atomic mass is 10.3. The van der Waals surface area contributed by atoms with Crippen LogP contribution >= 0.6 is 0 Å². The van der Waals surface area contributed by atoms with E-state index in [0.29, 0.717) is 5.96 Å². The highest BCUT2D eigenvalue weighted by molar-refractivity contribution is 5.77. The molecule has 5 nitrogen and oxygen atoms in total. The summed E-state index contributed by atoms with van der Waals surface area (Å²) in [5.74, 6) is 1.74. The van der Waals surface area contributed by atoms with Crippen molar-refractivity contribution in [3.05, 3.63) is 18.2 Å². The second kappa shape index (κ2) is 7.74. The van der Waals surface area contributed by atoms with Crippen LogP contribution < -0.4 is 5.73 Å². The Labute approximate surface area is 110 Å². The van der Waals surface area contributed by atoms with Gasteiger partial charge in [0.1, 0.15) is 5.82 Å². The molecular weight excluding hydrogens is 226 g/mol. The van der Waals surface area contributed by atoms with E-state index in [1.807, 2.05) is 19.3 Å². The second-order valence-electron chi connectivity index (χ2n) is 4.29. The van der Waals surface area contributed by atoms with Gasteiger partial charge < -0.3 is 15.2 Å². The van der Waals surface area contributed by atoms with Crippen LogP contribution in [0.3, 0.4) is 0 Å². The van der Waals surface area contributed by atoms with Gasteiger partial charge in [0.2, 0.25) is 0 Å². The summed E-state index contributed by atoms with van der Waals surface area (Å²) < 4.78 is 2.16. The molecule has 0 atom stereocenters. The quantitative estimate of drug-likeness (QED) is 0.455. The van der Waals surface area contributed by atoms with Gasteiger partial charge in [-0.15, -0.1) is 0 Å². The molecule has 1 heterocycles. The zero-order valence-corrected chi connectivity index (χ0v) is 11.8. The van der Waals surface area contributed by atoms with Crippen LogP contribution in [0.1, 0.15) is 32.5 Å². The number of aryl methyl sites for hydroxylation is 2. The lowest BCUT2D eigenvalue weighted by Crippen LogP contribution is -2.37. The van der Waals surface area contributed by atoms with Crippen molar-refractivity contribution in [1.82, 2.24) is 14.5 Å². The molecule has 0 saturated heterocycles. The number of aliphatic imine (C=N–C) groups is 1. The maximum atomic E-state index is 5.90. The first-order valence-electron chi connectivity index (χ1n) is 6.71. The molecule has 2 N–H and O–H groups in total. The maximum absolute atomic E-state index is 5.90. The predicted molar refractivity (Wildman–Crippen MR) is 75.6 cm³/mol. The molecule has 0 spiro atoms. The zero-order valence-electron chi connectivity index (χ0n) is 11.8. The van der Waals surface area contributed by atoms with E-state index >= 15 is 0 Å². The molecule has 0 aliphatic carbocycles. The first-order valence-corrected chi connectivity index (χ1v) is 6.71. The second-order valence-corrected chi connectivity index (χ2v) is 4.29. The molecule has 0 fully saturated rings. The Bertz CT molecular complexity index is 365. The van der Waals surface area contributed by atoms with Crippen molar-refractivity contribution in [2.24, 2.45) is 10.7 Å². The lowest BCUT2D eigenvalue weighted by Gasteiger charge is -2.19. The molecule has 0 aromatic carbocycles. The Kier molecular flexibility index (Phi) is 6.25. The van der Waals surface area contributed by atoms with E-state index in [4.69, 9.17) is 5.73 Å². The minimum absolute atomic E-state index is 0.666. The Hall–Kier alpha value is -1.52. The SMILES string of the molecule is CCN(CC)C(N)=NCCCCn1ccnc1C. The first kappa shape index (κ1) is 14.5. The smallest absolute Gasteiger partial charge is 0.191 e. The van der Waals surface area contributed by atoms with Gasteiger partial charge in [-0.1, -0.05) is 0 Å². The molecule has 0 saturated carbocycles. The van der Waals surface area contributed by atoms with E-state index in [2.05, 4.69) is 33.3 Å². The van der Waals surface area contributed by atoms with Gasteiger partial charge in [0.15, 0.2) is 5.96 Å². The third-order valence-electron chi connectivity index (χ3n) is 3.09. The van der Waals surface area contributed by atoms with Gasteiger partial charge in [0.25, 0.3) is 0 Å². The summed E-state index contributed by atoms with van der Waals surface area (Å²) in [5, 5.41) is 0. The van der Waals surface area contributed by atoms with E-state index in [-0.39, 0.29) is 0 Å². The molecular formula is C13H25N5. The average molecular weight is 251 g/mol. The Morgan fingerprint density at radius 2 is 2.11 bits per heavy atom. The molecule has 0 unspecified atom stereocenters. The minimum atomic E-state index is 0.666. The number of rotatable bonds is 7. The van der Waals surface area contributed by atoms with Gasteiger partial charge in [0, 0.05) is 38.6 Å². The number of imidazole rings is 1. The molecule has 1 aromatic heterocycles. The summed E-state index contributed by atoms with van der Waals surface area (Å²) in [7, 11) is 0. The summed E-state index contributed by atoms with van der Waals surface area (Å²) in [6, 6.07) is 0. The molecule has 0 amide bonds. The molecule has 0 aliphatic heterocycles. The highest BCUT2D eigenvalue weighted by Gasteiger charge is 2.01. The molecule has 1 rings (SSSR count). The number of hydrogen-bond donors (Lipinski definition) is 1. The topological polar surface area (TPSA) is 59.4 Å². The van der Waals surface area contributed by atoms with Crippen LogP contribution in [0.15, 0.2) is 17.4 Å². The number of unbranched alkanes of at least 4 members (excludes halogenated alkanes) is 1. The number of nitrogens with two attached hydrogens (primary N) is 1. The van der Waals surface area contributed by atoms with Crippen molar-refractivity contribution in [3.8, 4) is 0 Å². The van der Waals surface area contributed by atoms with Crippen molar-refractivity contribution < 1.29 is 0 Å². The fourth-order valence-corrected chi connectivity index (χ4v) is 1.88. The lowest BCUT2D eigenvalue weighted by molar-refractivity contribution is 0.457. The number of guanidine groups is 1. The molecule has 0 aliphatic rings. The van der Waals surface area contributed by atoms with Gasteiger partial charge >= 0.3 is 0 Å². The molecule has 0 radical (unpaired) electrons. The van der Waals surface area contributed by atoms with Crippen molar-refractivity contribution >= 4 is 5.96 Å².